The molecule has 0 fully saturated rings. The van der Waals surface area contributed by atoms with E-state index in [2.05, 4.69) is 36.6 Å². The molecule has 3 aromatic heterocycles. The molecule has 3 aromatic rings. The lowest BCUT2D eigenvalue weighted by molar-refractivity contribution is 0.101. The van der Waals surface area contributed by atoms with Crippen LogP contribution < -0.4 is 10.9 Å². The summed E-state index contributed by atoms with van der Waals surface area (Å²) in [5, 5.41) is 17.2. The lowest BCUT2D eigenvalue weighted by Crippen LogP contribution is -2.27. The Hall–Kier alpha value is -3.55. The first-order valence-electron chi connectivity index (χ1n) is 5.96. The molecule has 1 amide bonds. The van der Waals surface area contributed by atoms with Crippen LogP contribution in [0.3, 0.4) is 0 Å². The summed E-state index contributed by atoms with van der Waals surface area (Å²) in [6.07, 6.45) is 6.47. The van der Waals surface area contributed by atoms with E-state index in [1.54, 1.807) is 6.92 Å². The Morgan fingerprint density at radius 3 is 3.00 bits per heavy atom. The quantitative estimate of drug-likeness (QED) is 0.600. The second-order valence-electron chi connectivity index (χ2n) is 4.08. The maximum absolute atomic E-state index is 12.0. The fourth-order valence-electron chi connectivity index (χ4n) is 1.65. The first-order valence-corrected chi connectivity index (χ1v) is 5.96. The van der Waals surface area contributed by atoms with Crippen LogP contribution in [0.4, 0.5) is 6.01 Å². The minimum absolute atomic E-state index is 0.122. The van der Waals surface area contributed by atoms with Crippen molar-refractivity contribution in [3.63, 3.8) is 0 Å². The SMILES string of the molecule is C#CCn1ncn2nc(C(=O)Nc3nnc(C)o3)c(=O)nc12. The van der Waals surface area contributed by atoms with E-state index < -0.39 is 17.2 Å². The molecule has 0 aliphatic heterocycles. The summed E-state index contributed by atoms with van der Waals surface area (Å²) in [5.74, 6) is 1.95. The molecule has 0 radical (unpaired) electrons. The van der Waals surface area contributed by atoms with Crippen LogP contribution in [0, 0.1) is 19.3 Å². The molecule has 0 spiro atoms. The molecule has 11 nitrogen and oxygen atoms in total. The van der Waals surface area contributed by atoms with Gasteiger partial charge in [-0.2, -0.15) is 19.7 Å². The number of aryl methyl sites for hydroxylation is 1. The largest absolute Gasteiger partial charge is 0.408 e. The highest BCUT2D eigenvalue weighted by Crippen LogP contribution is 2.05. The number of amides is 1. The monoisotopic (exact) mass is 300 g/mol. The Kier molecular flexibility index (Phi) is 3.11. The molecule has 0 saturated heterocycles. The van der Waals surface area contributed by atoms with E-state index in [9.17, 15) is 9.59 Å². The first kappa shape index (κ1) is 13.4. The second kappa shape index (κ2) is 5.09. The number of nitrogens with zero attached hydrogens (tertiary/aromatic N) is 7. The maximum Gasteiger partial charge on any atom is 0.322 e. The van der Waals surface area contributed by atoms with Crippen LogP contribution >= 0.6 is 0 Å². The van der Waals surface area contributed by atoms with Gasteiger partial charge in [0.25, 0.3) is 11.7 Å². The molecule has 3 rings (SSSR count). The third kappa shape index (κ3) is 2.29. The van der Waals surface area contributed by atoms with Crippen molar-refractivity contribution in [3.8, 4) is 12.3 Å². The molecule has 110 valence electrons. The Balaban J connectivity index is 1.97. The van der Waals surface area contributed by atoms with Crippen molar-refractivity contribution in [3.05, 3.63) is 28.3 Å². The third-order valence-electron chi connectivity index (χ3n) is 2.55. The van der Waals surface area contributed by atoms with Crippen LogP contribution in [-0.2, 0) is 6.54 Å². The first-order chi connectivity index (χ1) is 10.6. The van der Waals surface area contributed by atoms with E-state index in [1.807, 2.05) is 0 Å². The molecule has 0 aromatic carbocycles. The summed E-state index contributed by atoms with van der Waals surface area (Å²) >= 11 is 0. The summed E-state index contributed by atoms with van der Waals surface area (Å²) < 4.78 is 7.47. The van der Waals surface area contributed by atoms with Gasteiger partial charge in [-0.3, -0.25) is 14.9 Å². The van der Waals surface area contributed by atoms with Gasteiger partial charge in [-0.25, -0.2) is 4.68 Å². The number of rotatable bonds is 3. The standard InChI is InChI=1S/C11H8N8O3/c1-3-4-18-11-14-9(21)7(17-19(11)5-12-18)8(20)13-10-16-15-6(2)22-10/h1,5H,4H2,2H3,(H,13,16,20). The number of carbonyl (C=O) groups is 1. The number of carbonyl (C=O) groups excluding carboxylic acids is 1. The Bertz CT molecular complexity index is 960. The molecule has 11 heteroatoms. The number of hydrogen-bond acceptors (Lipinski definition) is 8. The van der Waals surface area contributed by atoms with Crippen LogP contribution in [0.2, 0.25) is 0 Å². The molecule has 0 aliphatic carbocycles. The smallest absolute Gasteiger partial charge is 0.322 e. The van der Waals surface area contributed by atoms with Gasteiger partial charge in [0, 0.05) is 6.92 Å². The van der Waals surface area contributed by atoms with E-state index in [1.165, 1.54) is 15.5 Å². The summed E-state index contributed by atoms with van der Waals surface area (Å²) in [7, 11) is 0. The number of aromatic nitrogens is 7. The summed E-state index contributed by atoms with van der Waals surface area (Å²) in [6, 6.07) is -0.142. The van der Waals surface area contributed by atoms with Gasteiger partial charge in [0.2, 0.25) is 11.6 Å². The predicted octanol–water partition coefficient (Wildman–Crippen LogP) is -1.14. The van der Waals surface area contributed by atoms with Gasteiger partial charge in [-0.1, -0.05) is 11.0 Å². The zero-order chi connectivity index (χ0) is 15.7. The van der Waals surface area contributed by atoms with Crippen molar-refractivity contribution >= 4 is 17.7 Å². The van der Waals surface area contributed by atoms with Crippen LogP contribution in [0.1, 0.15) is 16.4 Å². The summed E-state index contributed by atoms with van der Waals surface area (Å²) in [5.41, 5.74) is -1.26. The highest BCUT2D eigenvalue weighted by molar-refractivity contribution is 6.01. The minimum Gasteiger partial charge on any atom is -0.408 e. The Morgan fingerprint density at radius 2 is 2.32 bits per heavy atom. The van der Waals surface area contributed by atoms with Crippen molar-refractivity contribution in [2.45, 2.75) is 13.5 Å². The summed E-state index contributed by atoms with van der Waals surface area (Å²) in [4.78, 5) is 27.7. The van der Waals surface area contributed by atoms with Gasteiger partial charge < -0.3 is 4.42 Å². The van der Waals surface area contributed by atoms with E-state index in [4.69, 9.17) is 10.8 Å². The fraction of sp³-hybridized carbons (Fsp3) is 0.182. The molecular formula is C11H8N8O3. The number of terminal acetylenes is 1. The van der Waals surface area contributed by atoms with Crippen molar-refractivity contribution in [1.29, 1.82) is 0 Å². The lowest BCUT2D eigenvalue weighted by atomic mass is 10.4. The van der Waals surface area contributed by atoms with Gasteiger partial charge >= 0.3 is 11.6 Å². The number of fused-ring (bicyclic) bond motifs is 1. The van der Waals surface area contributed by atoms with Gasteiger partial charge in [-0.05, 0) is 0 Å². The maximum atomic E-state index is 12.0. The molecule has 3 heterocycles. The second-order valence-corrected chi connectivity index (χ2v) is 4.08. The highest BCUT2D eigenvalue weighted by Gasteiger charge is 2.18. The zero-order valence-electron chi connectivity index (χ0n) is 11.2. The van der Waals surface area contributed by atoms with Crippen molar-refractivity contribution < 1.29 is 9.21 Å². The van der Waals surface area contributed by atoms with Crippen LogP contribution in [0.15, 0.2) is 15.5 Å². The molecule has 22 heavy (non-hydrogen) atoms. The molecule has 1 N–H and O–H groups in total. The molecule has 0 aliphatic rings. The molecular weight excluding hydrogens is 292 g/mol. The van der Waals surface area contributed by atoms with Gasteiger partial charge in [0.1, 0.15) is 12.9 Å². The number of nitrogens with one attached hydrogen (secondary N) is 1. The fourth-order valence-corrected chi connectivity index (χ4v) is 1.65. The van der Waals surface area contributed by atoms with Crippen molar-refractivity contribution in [2.75, 3.05) is 5.32 Å². The minimum atomic E-state index is -0.826. The van der Waals surface area contributed by atoms with E-state index >= 15 is 0 Å². The van der Waals surface area contributed by atoms with Gasteiger partial charge in [-0.15, -0.1) is 11.5 Å². The predicted molar refractivity (Wildman–Crippen MR) is 70.9 cm³/mol. The van der Waals surface area contributed by atoms with E-state index in [0.29, 0.717) is 0 Å². The van der Waals surface area contributed by atoms with Crippen molar-refractivity contribution in [2.24, 2.45) is 0 Å². The molecule has 0 saturated carbocycles. The zero-order valence-corrected chi connectivity index (χ0v) is 11.2. The van der Waals surface area contributed by atoms with E-state index in [-0.39, 0.29) is 24.2 Å². The Labute approximate surface area is 122 Å². The number of anilines is 1. The third-order valence-corrected chi connectivity index (χ3v) is 2.55. The van der Waals surface area contributed by atoms with Crippen molar-refractivity contribution in [1.82, 2.24) is 34.6 Å². The van der Waals surface area contributed by atoms with Gasteiger partial charge in [0.15, 0.2) is 0 Å². The number of hydrogen-bond donors (Lipinski definition) is 1. The molecule has 0 atom stereocenters. The van der Waals surface area contributed by atoms with Crippen LogP contribution in [-0.4, -0.2) is 40.5 Å². The van der Waals surface area contributed by atoms with E-state index in [0.717, 1.165) is 0 Å². The topological polar surface area (TPSA) is 133 Å². The average Bonchev–Trinajstić information content (AvgIpc) is 3.05. The lowest BCUT2D eigenvalue weighted by Gasteiger charge is -2.00. The molecule has 0 unspecified atom stereocenters. The van der Waals surface area contributed by atoms with Gasteiger partial charge in [0.05, 0.1) is 0 Å². The highest BCUT2D eigenvalue weighted by atomic mass is 16.4. The molecule has 0 bridgehead atoms. The summed E-state index contributed by atoms with van der Waals surface area (Å²) in [6.45, 7) is 1.68. The average molecular weight is 300 g/mol. The Morgan fingerprint density at radius 1 is 1.50 bits per heavy atom. The van der Waals surface area contributed by atoms with Crippen LogP contribution in [0.5, 0.6) is 0 Å². The van der Waals surface area contributed by atoms with Crippen LogP contribution in [0.25, 0.3) is 5.78 Å². The normalized spacial score (nSPS) is 10.5.